The minimum atomic E-state index is -5.41. The maximum Gasteiger partial charge on any atom is 2.00 e. The van der Waals surface area contributed by atoms with Crippen molar-refractivity contribution in [3.05, 3.63) is 82.9 Å². The second-order valence-electron chi connectivity index (χ2n) is 8.31. The van der Waals surface area contributed by atoms with Gasteiger partial charge in [-0.1, -0.05) is 30.5 Å². The van der Waals surface area contributed by atoms with Crippen molar-refractivity contribution >= 4 is 0 Å². The summed E-state index contributed by atoms with van der Waals surface area (Å²) in [6.45, 7) is 3.07. The Balaban J connectivity index is 0.00000420. The van der Waals surface area contributed by atoms with E-state index in [0.29, 0.717) is 4.68 Å². The predicted octanol–water partition coefficient (Wildman–Crippen LogP) is 5.97. The molecule has 0 bridgehead atoms. The van der Waals surface area contributed by atoms with E-state index < -0.39 is 52.5 Å². The van der Waals surface area contributed by atoms with Gasteiger partial charge in [0, 0.05) is 16.8 Å². The summed E-state index contributed by atoms with van der Waals surface area (Å²) in [5, 5.41) is 6.13. The average molecular weight is 745 g/mol. The molecule has 0 aliphatic carbocycles. The standard InChI is InChI=1S/C22H12F10N6.Pt/c1-19(2,14-6-4-8-16(34-14)38-10-12(23)18(36-38)22(30,31)32)13-5-3-7-15(33-13)37-9-11(20(24,25)26)17(35-37)21(27,28)29;/h3-8H,1-2H3;/q-2;+2. The quantitative estimate of drug-likeness (QED) is 0.191. The fourth-order valence-corrected chi connectivity index (χ4v) is 3.35. The van der Waals surface area contributed by atoms with Gasteiger partial charge in [0.25, 0.3) is 0 Å². The number of rotatable bonds is 4. The van der Waals surface area contributed by atoms with Gasteiger partial charge in [-0.2, -0.15) is 39.5 Å². The first-order chi connectivity index (χ1) is 17.4. The monoisotopic (exact) mass is 745 g/mol. The summed E-state index contributed by atoms with van der Waals surface area (Å²) in [7, 11) is 0. The van der Waals surface area contributed by atoms with E-state index in [1.54, 1.807) is 12.4 Å². The second kappa shape index (κ2) is 10.0. The summed E-state index contributed by atoms with van der Waals surface area (Å²) < 4.78 is 132. The Morgan fingerprint density at radius 2 is 1.08 bits per heavy atom. The van der Waals surface area contributed by atoms with Gasteiger partial charge in [0.2, 0.25) is 0 Å². The fraction of sp³-hybridized carbons (Fsp3) is 0.273. The first-order valence-electron chi connectivity index (χ1n) is 10.3. The van der Waals surface area contributed by atoms with Crippen LogP contribution in [0.25, 0.3) is 11.6 Å². The van der Waals surface area contributed by atoms with Crippen molar-refractivity contribution in [3.63, 3.8) is 0 Å². The molecule has 0 unspecified atom stereocenters. The molecule has 0 aliphatic rings. The maximum absolute atomic E-state index is 13.7. The Hall–Kier alpha value is -3.29. The van der Waals surface area contributed by atoms with E-state index in [1.807, 2.05) is 0 Å². The van der Waals surface area contributed by atoms with Crippen LogP contribution in [-0.2, 0) is 45.0 Å². The van der Waals surface area contributed by atoms with Crippen LogP contribution in [0.3, 0.4) is 0 Å². The number of hydrogen-bond acceptors (Lipinski definition) is 4. The molecular weight excluding hydrogens is 733 g/mol. The van der Waals surface area contributed by atoms with Crippen molar-refractivity contribution in [3.8, 4) is 11.6 Å². The summed E-state index contributed by atoms with van der Waals surface area (Å²) in [5.74, 6) is -2.42. The van der Waals surface area contributed by atoms with Gasteiger partial charge < -0.3 is 9.36 Å². The molecule has 0 saturated heterocycles. The molecule has 4 rings (SSSR count). The van der Waals surface area contributed by atoms with Crippen molar-refractivity contribution < 1.29 is 65.0 Å². The Kier molecular flexibility index (Phi) is 7.78. The molecule has 0 N–H and O–H groups in total. The third-order valence-electron chi connectivity index (χ3n) is 5.27. The minimum absolute atomic E-state index is 0. The van der Waals surface area contributed by atoms with E-state index in [-0.39, 0.29) is 43.0 Å². The van der Waals surface area contributed by atoms with Crippen LogP contribution in [0.15, 0.2) is 36.4 Å². The molecule has 0 aliphatic heterocycles. The molecule has 210 valence electrons. The zero-order chi connectivity index (χ0) is 28.3. The summed E-state index contributed by atoms with van der Waals surface area (Å²) >= 11 is 0. The summed E-state index contributed by atoms with van der Waals surface area (Å²) in [6, 6.07) is 7.84. The van der Waals surface area contributed by atoms with E-state index in [4.69, 9.17) is 0 Å². The van der Waals surface area contributed by atoms with Crippen molar-refractivity contribution in [1.29, 1.82) is 0 Å². The van der Waals surface area contributed by atoms with Crippen LogP contribution in [0, 0.1) is 18.2 Å². The van der Waals surface area contributed by atoms with Crippen LogP contribution in [0.5, 0.6) is 0 Å². The van der Waals surface area contributed by atoms with Gasteiger partial charge in [0.15, 0.2) is 0 Å². The summed E-state index contributed by atoms with van der Waals surface area (Å²) in [4.78, 5) is 8.30. The maximum atomic E-state index is 13.7. The number of hydrogen-bond donors (Lipinski definition) is 0. The molecule has 39 heavy (non-hydrogen) atoms. The van der Waals surface area contributed by atoms with E-state index in [2.05, 4.69) is 20.2 Å². The molecule has 0 amide bonds. The van der Waals surface area contributed by atoms with Crippen LogP contribution in [-0.4, -0.2) is 29.5 Å². The Labute approximate surface area is 226 Å². The van der Waals surface area contributed by atoms with Crippen LogP contribution in [0.2, 0.25) is 0 Å². The largest absolute Gasteiger partial charge is 2.00 e. The molecule has 17 heteroatoms. The average Bonchev–Trinajstić information content (AvgIpc) is 3.44. The molecule has 6 nitrogen and oxygen atoms in total. The Bertz CT molecular complexity index is 1450. The van der Waals surface area contributed by atoms with Gasteiger partial charge in [-0.15, -0.1) is 0 Å². The second-order valence-corrected chi connectivity index (χ2v) is 8.31. The zero-order valence-corrected chi connectivity index (χ0v) is 21.5. The number of nitrogens with zero attached hydrogens (tertiary/aromatic N) is 6. The molecule has 0 saturated carbocycles. The van der Waals surface area contributed by atoms with Gasteiger partial charge in [0.05, 0.1) is 28.8 Å². The van der Waals surface area contributed by atoms with Crippen molar-refractivity contribution in [2.24, 2.45) is 0 Å². The molecule has 0 atom stereocenters. The SMILES string of the molecule is CC(C)(c1cccc(-n2[c-]c(F)c(C(F)(F)F)n2)n1)c1cccc(-n2[c-]c(C(F)(F)F)c(C(F)(F)F)n2)n1.[Pt+2]. The first kappa shape index (κ1) is 30.3. The Morgan fingerprint density at radius 1 is 0.641 bits per heavy atom. The van der Waals surface area contributed by atoms with Crippen LogP contribution < -0.4 is 0 Å². The smallest absolute Gasteiger partial charge is 0.342 e. The molecule has 0 aromatic carbocycles. The van der Waals surface area contributed by atoms with Gasteiger partial charge in [0.1, 0.15) is 0 Å². The molecular formula is C22H12F10N6Pt. The molecule has 4 aromatic rings. The first-order valence-corrected chi connectivity index (χ1v) is 10.3. The predicted molar refractivity (Wildman–Crippen MR) is 107 cm³/mol. The van der Waals surface area contributed by atoms with Crippen molar-refractivity contribution in [2.45, 2.75) is 37.8 Å². The molecule has 4 aromatic heterocycles. The van der Waals surface area contributed by atoms with Crippen LogP contribution >= 0.6 is 0 Å². The number of pyridine rings is 2. The molecule has 0 fully saturated rings. The van der Waals surface area contributed by atoms with Gasteiger partial charge in [-0.25, -0.2) is 9.49 Å². The molecule has 0 spiro atoms. The van der Waals surface area contributed by atoms with E-state index in [0.717, 1.165) is 6.07 Å². The number of halogens is 10. The number of aromatic nitrogens is 6. The van der Waals surface area contributed by atoms with E-state index >= 15 is 0 Å². The third kappa shape index (κ3) is 5.99. The minimum Gasteiger partial charge on any atom is -0.342 e. The van der Waals surface area contributed by atoms with Crippen LogP contribution in [0.4, 0.5) is 43.9 Å². The van der Waals surface area contributed by atoms with Gasteiger partial charge in [-0.05, 0) is 37.7 Å². The van der Waals surface area contributed by atoms with E-state index in [9.17, 15) is 43.9 Å². The van der Waals surface area contributed by atoms with Gasteiger partial charge in [-0.3, -0.25) is 15.1 Å². The normalized spacial score (nSPS) is 12.9. The molecule has 4 heterocycles. The van der Waals surface area contributed by atoms with Crippen molar-refractivity contribution in [2.75, 3.05) is 0 Å². The summed E-state index contributed by atoms with van der Waals surface area (Å²) in [5.41, 5.74) is -7.08. The van der Waals surface area contributed by atoms with Crippen molar-refractivity contribution in [1.82, 2.24) is 29.5 Å². The Morgan fingerprint density at radius 3 is 1.46 bits per heavy atom. The zero-order valence-electron chi connectivity index (χ0n) is 19.2. The molecule has 0 radical (unpaired) electrons. The fourth-order valence-electron chi connectivity index (χ4n) is 3.35. The topological polar surface area (TPSA) is 61.4 Å². The third-order valence-corrected chi connectivity index (χ3v) is 5.27. The van der Waals surface area contributed by atoms with E-state index in [1.165, 1.54) is 44.2 Å². The number of alkyl halides is 9. The van der Waals surface area contributed by atoms with Crippen LogP contribution in [0.1, 0.15) is 42.2 Å². The van der Waals surface area contributed by atoms with Gasteiger partial charge >= 0.3 is 39.6 Å². The summed E-state index contributed by atoms with van der Waals surface area (Å²) in [6.07, 6.45) is -12.5.